The van der Waals surface area contributed by atoms with Crippen molar-refractivity contribution in [3.8, 4) is 0 Å². The van der Waals surface area contributed by atoms with Gasteiger partial charge in [-0.2, -0.15) is 0 Å². The number of amides is 1. The average Bonchev–Trinajstić information content (AvgIpc) is 2.47. The third-order valence-corrected chi connectivity index (χ3v) is 4.63. The summed E-state index contributed by atoms with van der Waals surface area (Å²) in [7, 11) is 0. The van der Waals surface area contributed by atoms with Gasteiger partial charge in [0.2, 0.25) is 5.91 Å². The summed E-state index contributed by atoms with van der Waals surface area (Å²) in [4.78, 5) is 14.5. The fourth-order valence-electron chi connectivity index (χ4n) is 3.62. The molecule has 2 unspecified atom stereocenters. The second kappa shape index (κ2) is 5.33. The molecule has 2 atom stereocenters. The van der Waals surface area contributed by atoms with Crippen molar-refractivity contribution in [2.75, 3.05) is 11.4 Å². The van der Waals surface area contributed by atoms with Crippen LogP contribution >= 0.6 is 0 Å². The zero-order chi connectivity index (χ0) is 13.2. The van der Waals surface area contributed by atoms with Crippen molar-refractivity contribution in [1.82, 2.24) is 0 Å². The molecule has 2 aliphatic rings. The van der Waals surface area contributed by atoms with Gasteiger partial charge in [-0.3, -0.25) is 4.79 Å². The van der Waals surface area contributed by atoms with Crippen molar-refractivity contribution >= 4 is 11.6 Å². The summed E-state index contributed by atoms with van der Waals surface area (Å²) in [6.07, 6.45) is 6.25. The highest BCUT2D eigenvalue weighted by atomic mass is 16.2. The third-order valence-electron chi connectivity index (χ3n) is 4.63. The smallest absolute Gasteiger partial charge is 0.227 e. The molecule has 3 rings (SSSR count). The molecule has 3 heteroatoms. The lowest BCUT2D eigenvalue weighted by Gasteiger charge is -2.42. The minimum absolute atomic E-state index is 0.282. The minimum atomic E-state index is 0.282. The molecular formula is C16H22N2O. The van der Waals surface area contributed by atoms with Crippen molar-refractivity contribution in [2.24, 2.45) is 11.7 Å². The van der Waals surface area contributed by atoms with Gasteiger partial charge in [0.05, 0.1) is 0 Å². The molecule has 3 nitrogen and oxygen atoms in total. The van der Waals surface area contributed by atoms with Gasteiger partial charge in [0, 0.05) is 18.2 Å². The van der Waals surface area contributed by atoms with E-state index in [9.17, 15) is 4.79 Å². The van der Waals surface area contributed by atoms with Crippen molar-refractivity contribution in [1.29, 1.82) is 0 Å². The van der Waals surface area contributed by atoms with Gasteiger partial charge in [0.1, 0.15) is 0 Å². The summed E-state index contributed by atoms with van der Waals surface area (Å²) >= 11 is 0. The zero-order valence-corrected chi connectivity index (χ0v) is 11.3. The van der Waals surface area contributed by atoms with Gasteiger partial charge in [0.25, 0.3) is 0 Å². The normalized spacial score (nSPS) is 27.2. The quantitative estimate of drug-likeness (QED) is 0.886. The van der Waals surface area contributed by atoms with Crippen molar-refractivity contribution in [2.45, 2.75) is 44.6 Å². The Bertz CT molecular complexity index is 472. The lowest BCUT2D eigenvalue weighted by atomic mass is 9.82. The van der Waals surface area contributed by atoms with E-state index in [2.05, 4.69) is 23.1 Å². The van der Waals surface area contributed by atoms with Gasteiger partial charge < -0.3 is 10.6 Å². The highest BCUT2D eigenvalue weighted by Gasteiger charge is 2.35. The van der Waals surface area contributed by atoms with E-state index < -0.39 is 0 Å². The number of hydrogen-bond acceptors (Lipinski definition) is 2. The molecule has 0 saturated heterocycles. The van der Waals surface area contributed by atoms with E-state index in [1.807, 2.05) is 6.07 Å². The first-order chi connectivity index (χ1) is 9.31. The van der Waals surface area contributed by atoms with Crippen LogP contribution < -0.4 is 10.6 Å². The van der Waals surface area contributed by atoms with E-state index in [0.29, 0.717) is 24.9 Å². The molecule has 2 N–H and O–H groups in total. The predicted molar refractivity (Wildman–Crippen MR) is 77.0 cm³/mol. The summed E-state index contributed by atoms with van der Waals surface area (Å²) in [6.45, 7) is 0.691. The van der Waals surface area contributed by atoms with Gasteiger partial charge in [-0.15, -0.1) is 0 Å². The van der Waals surface area contributed by atoms with Crippen LogP contribution in [0.1, 0.15) is 37.7 Å². The van der Waals surface area contributed by atoms with Crippen molar-refractivity contribution < 1.29 is 4.79 Å². The summed E-state index contributed by atoms with van der Waals surface area (Å²) in [5.41, 5.74) is 8.37. The fourth-order valence-corrected chi connectivity index (χ4v) is 3.62. The van der Waals surface area contributed by atoms with Crippen LogP contribution in [0.2, 0.25) is 0 Å². The lowest BCUT2D eigenvalue weighted by molar-refractivity contribution is -0.119. The molecule has 0 radical (unpaired) electrons. The molecule has 0 bridgehead atoms. The fraction of sp³-hybridized carbons (Fsp3) is 0.562. The van der Waals surface area contributed by atoms with Crippen LogP contribution in [0.25, 0.3) is 0 Å². The molecule has 1 amide bonds. The summed E-state index contributed by atoms with van der Waals surface area (Å²) in [5.74, 6) is 0.743. The first-order valence-electron chi connectivity index (χ1n) is 7.41. The first-order valence-corrected chi connectivity index (χ1v) is 7.41. The summed E-state index contributed by atoms with van der Waals surface area (Å²) < 4.78 is 0. The molecule has 1 saturated carbocycles. The average molecular weight is 258 g/mol. The molecule has 1 aliphatic heterocycles. The van der Waals surface area contributed by atoms with Crippen LogP contribution in [0.4, 0.5) is 5.69 Å². The Hall–Kier alpha value is -1.35. The monoisotopic (exact) mass is 258 g/mol. The number of fused-ring (bicyclic) bond motifs is 1. The molecule has 0 spiro atoms. The molecule has 1 aliphatic carbocycles. The molecular weight excluding hydrogens is 236 g/mol. The standard InChI is InChI=1S/C16H22N2O/c17-11-13-6-2-4-8-15(13)18-14-7-3-1-5-12(14)9-10-16(18)19/h1,3,5,7,13,15H,2,4,6,8-11,17H2. The molecule has 102 valence electrons. The maximum Gasteiger partial charge on any atom is 0.227 e. The Kier molecular flexibility index (Phi) is 3.56. The van der Waals surface area contributed by atoms with E-state index >= 15 is 0 Å². The van der Waals surface area contributed by atoms with Gasteiger partial charge >= 0.3 is 0 Å². The Morgan fingerprint density at radius 1 is 1.16 bits per heavy atom. The van der Waals surface area contributed by atoms with Gasteiger partial charge in [-0.25, -0.2) is 0 Å². The number of rotatable bonds is 2. The second-order valence-electron chi connectivity index (χ2n) is 5.74. The number of carbonyl (C=O) groups is 1. The first kappa shape index (κ1) is 12.7. The number of nitrogens with two attached hydrogens (primary N) is 1. The van der Waals surface area contributed by atoms with Crippen LogP contribution in [0.5, 0.6) is 0 Å². The molecule has 1 aromatic carbocycles. The van der Waals surface area contributed by atoms with Crippen LogP contribution in [-0.4, -0.2) is 18.5 Å². The number of aryl methyl sites for hydroxylation is 1. The zero-order valence-electron chi connectivity index (χ0n) is 11.3. The highest BCUT2D eigenvalue weighted by molar-refractivity contribution is 5.97. The van der Waals surface area contributed by atoms with E-state index in [-0.39, 0.29) is 5.91 Å². The van der Waals surface area contributed by atoms with Crippen molar-refractivity contribution in [3.05, 3.63) is 29.8 Å². The van der Waals surface area contributed by atoms with Crippen LogP contribution in [0, 0.1) is 5.92 Å². The summed E-state index contributed by atoms with van der Waals surface area (Å²) in [6, 6.07) is 8.65. The number of nitrogens with zero attached hydrogens (tertiary/aromatic N) is 1. The van der Waals surface area contributed by atoms with E-state index in [4.69, 9.17) is 5.73 Å². The lowest BCUT2D eigenvalue weighted by Crippen LogP contribution is -2.50. The number of benzene rings is 1. The Morgan fingerprint density at radius 3 is 2.79 bits per heavy atom. The second-order valence-corrected chi connectivity index (χ2v) is 5.74. The van der Waals surface area contributed by atoms with E-state index in [1.54, 1.807) is 0 Å². The maximum absolute atomic E-state index is 12.4. The SMILES string of the molecule is NCC1CCCCC1N1C(=O)CCc2ccccc21. The Labute approximate surface area is 114 Å². The molecule has 1 heterocycles. The van der Waals surface area contributed by atoms with E-state index in [0.717, 1.165) is 24.9 Å². The highest BCUT2D eigenvalue weighted by Crippen LogP contribution is 2.36. The molecule has 19 heavy (non-hydrogen) atoms. The Balaban J connectivity index is 1.96. The number of hydrogen-bond donors (Lipinski definition) is 1. The maximum atomic E-state index is 12.4. The Morgan fingerprint density at radius 2 is 1.95 bits per heavy atom. The van der Waals surface area contributed by atoms with Gasteiger partial charge in [0.15, 0.2) is 0 Å². The van der Waals surface area contributed by atoms with Crippen LogP contribution in [-0.2, 0) is 11.2 Å². The third kappa shape index (κ3) is 2.27. The largest absolute Gasteiger partial charge is 0.330 e. The van der Waals surface area contributed by atoms with Crippen LogP contribution in [0.15, 0.2) is 24.3 Å². The van der Waals surface area contributed by atoms with Crippen LogP contribution in [0.3, 0.4) is 0 Å². The molecule has 1 aromatic rings. The number of anilines is 1. The molecule has 1 fully saturated rings. The van der Waals surface area contributed by atoms with Gasteiger partial charge in [-0.05, 0) is 43.4 Å². The molecule has 0 aromatic heterocycles. The minimum Gasteiger partial charge on any atom is -0.330 e. The topological polar surface area (TPSA) is 46.3 Å². The predicted octanol–water partition coefficient (Wildman–Crippen LogP) is 2.48. The number of para-hydroxylation sites is 1. The summed E-state index contributed by atoms with van der Waals surface area (Å²) in [5, 5.41) is 0. The number of carbonyl (C=O) groups excluding carboxylic acids is 1. The van der Waals surface area contributed by atoms with Gasteiger partial charge in [-0.1, -0.05) is 31.0 Å². The van der Waals surface area contributed by atoms with Crippen molar-refractivity contribution in [3.63, 3.8) is 0 Å². The van der Waals surface area contributed by atoms with E-state index in [1.165, 1.54) is 18.4 Å².